The molecule has 1 aliphatic rings. The van der Waals surface area contributed by atoms with Gasteiger partial charge in [0.2, 0.25) is 0 Å². The molecular formula is C15H17N3O4. The first-order valence-corrected chi connectivity index (χ1v) is 7.11. The van der Waals surface area contributed by atoms with E-state index < -0.39 is 11.9 Å². The van der Waals surface area contributed by atoms with Crippen LogP contribution in [-0.4, -0.2) is 33.0 Å². The molecule has 7 nitrogen and oxygen atoms in total. The largest absolute Gasteiger partial charge is 0.493 e. The average Bonchev–Trinajstić information content (AvgIpc) is 2.95. The number of benzene rings is 1. The number of carboxylic acids is 1. The van der Waals surface area contributed by atoms with E-state index in [4.69, 9.17) is 9.47 Å². The maximum absolute atomic E-state index is 11.3. The van der Waals surface area contributed by atoms with E-state index >= 15 is 0 Å². The first-order valence-electron chi connectivity index (χ1n) is 7.11. The number of aliphatic carboxylic acids is 1. The number of nitrogens with zero attached hydrogens (tertiary/aromatic N) is 3. The minimum absolute atomic E-state index is 0.173. The molecule has 1 atom stereocenters. The molecule has 3 rings (SSSR count). The van der Waals surface area contributed by atoms with Crippen molar-refractivity contribution in [1.82, 2.24) is 14.8 Å². The summed E-state index contributed by atoms with van der Waals surface area (Å²) in [6.45, 7) is 0.869. The van der Waals surface area contributed by atoms with Crippen molar-refractivity contribution in [3.8, 4) is 11.5 Å². The predicted octanol–water partition coefficient (Wildman–Crippen LogP) is 1.83. The fraction of sp³-hybridized carbons (Fsp3) is 0.400. The van der Waals surface area contributed by atoms with Crippen molar-refractivity contribution in [3.63, 3.8) is 0 Å². The Hall–Kier alpha value is -2.57. The Morgan fingerprint density at radius 1 is 1.41 bits per heavy atom. The van der Waals surface area contributed by atoms with Crippen LogP contribution in [0.15, 0.2) is 24.3 Å². The summed E-state index contributed by atoms with van der Waals surface area (Å²) in [5.74, 6) is 0.792. The van der Waals surface area contributed by atoms with Crippen molar-refractivity contribution >= 4 is 5.97 Å². The van der Waals surface area contributed by atoms with Crippen molar-refractivity contribution in [2.45, 2.75) is 31.9 Å². The summed E-state index contributed by atoms with van der Waals surface area (Å²) in [6.07, 6.45) is 1.39. The van der Waals surface area contributed by atoms with Gasteiger partial charge in [-0.3, -0.25) is 4.79 Å². The zero-order valence-corrected chi connectivity index (χ0v) is 12.2. The van der Waals surface area contributed by atoms with Crippen LogP contribution in [0, 0.1) is 0 Å². The molecule has 22 heavy (non-hydrogen) atoms. The minimum Gasteiger partial charge on any atom is -0.493 e. The number of carbonyl (C=O) groups is 1. The molecule has 0 bridgehead atoms. The SMILES string of the molecule is COc1ccccc1OCc1nc2n(n1)CCCC2C(=O)O. The van der Waals surface area contributed by atoms with Crippen molar-refractivity contribution in [2.24, 2.45) is 0 Å². The van der Waals surface area contributed by atoms with Gasteiger partial charge in [0.15, 0.2) is 17.3 Å². The van der Waals surface area contributed by atoms with Crippen molar-refractivity contribution in [2.75, 3.05) is 7.11 Å². The maximum atomic E-state index is 11.3. The summed E-state index contributed by atoms with van der Waals surface area (Å²) in [5.41, 5.74) is 0. The highest BCUT2D eigenvalue weighted by Crippen LogP contribution is 2.28. The molecule has 1 unspecified atom stereocenters. The number of aromatic nitrogens is 3. The van der Waals surface area contributed by atoms with Gasteiger partial charge in [0, 0.05) is 6.54 Å². The zero-order chi connectivity index (χ0) is 15.5. The zero-order valence-electron chi connectivity index (χ0n) is 12.2. The molecule has 0 saturated carbocycles. The third-order valence-electron chi connectivity index (χ3n) is 3.64. The normalized spacial score (nSPS) is 16.9. The van der Waals surface area contributed by atoms with Crippen LogP contribution in [0.5, 0.6) is 11.5 Å². The van der Waals surface area contributed by atoms with Gasteiger partial charge in [-0.05, 0) is 25.0 Å². The second kappa shape index (κ2) is 6.05. The highest BCUT2D eigenvalue weighted by atomic mass is 16.5. The van der Waals surface area contributed by atoms with E-state index in [2.05, 4.69) is 10.1 Å². The standard InChI is InChI=1S/C15H17N3O4/c1-21-11-6-2-3-7-12(11)22-9-13-16-14-10(15(19)20)5-4-8-18(14)17-13/h2-3,6-7,10H,4-5,8-9H2,1H3,(H,19,20). The second-order valence-corrected chi connectivity index (χ2v) is 5.08. The molecule has 0 fully saturated rings. The lowest BCUT2D eigenvalue weighted by molar-refractivity contribution is -0.139. The fourth-order valence-corrected chi connectivity index (χ4v) is 2.57. The van der Waals surface area contributed by atoms with Gasteiger partial charge in [0.25, 0.3) is 0 Å². The third kappa shape index (κ3) is 2.74. The lowest BCUT2D eigenvalue weighted by Crippen LogP contribution is -2.22. The molecular weight excluding hydrogens is 286 g/mol. The smallest absolute Gasteiger partial charge is 0.314 e. The van der Waals surface area contributed by atoms with Crippen molar-refractivity contribution < 1.29 is 19.4 Å². The van der Waals surface area contributed by atoms with Crippen LogP contribution in [0.3, 0.4) is 0 Å². The Balaban J connectivity index is 1.76. The Kier molecular flexibility index (Phi) is 3.95. The number of hydrogen-bond donors (Lipinski definition) is 1. The van der Waals surface area contributed by atoms with Crippen LogP contribution < -0.4 is 9.47 Å². The number of carboxylic acid groups (broad SMARTS) is 1. The van der Waals surface area contributed by atoms with Gasteiger partial charge in [-0.2, -0.15) is 5.10 Å². The van der Waals surface area contributed by atoms with Gasteiger partial charge < -0.3 is 14.6 Å². The number of aryl methyl sites for hydroxylation is 1. The maximum Gasteiger partial charge on any atom is 0.314 e. The Morgan fingerprint density at radius 3 is 2.91 bits per heavy atom. The van der Waals surface area contributed by atoms with E-state index in [-0.39, 0.29) is 6.61 Å². The van der Waals surface area contributed by atoms with Crippen LogP contribution in [-0.2, 0) is 17.9 Å². The van der Waals surface area contributed by atoms with E-state index in [9.17, 15) is 9.90 Å². The van der Waals surface area contributed by atoms with Crippen LogP contribution >= 0.6 is 0 Å². The summed E-state index contributed by atoms with van der Waals surface area (Å²) >= 11 is 0. The van der Waals surface area contributed by atoms with Gasteiger partial charge in [-0.15, -0.1) is 0 Å². The van der Waals surface area contributed by atoms with Gasteiger partial charge >= 0.3 is 5.97 Å². The Labute approximate surface area is 127 Å². The van der Waals surface area contributed by atoms with E-state index in [1.54, 1.807) is 23.9 Å². The fourth-order valence-electron chi connectivity index (χ4n) is 2.57. The molecule has 116 valence electrons. The summed E-state index contributed by atoms with van der Waals surface area (Å²) in [6, 6.07) is 7.32. The monoisotopic (exact) mass is 303 g/mol. The summed E-state index contributed by atoms with van der Waals surface area (Å²) in [5, 5.41) is 13.6. The molecule has 0 radical (unpaired) electrons. The van der Waals surface area contributed by atoms with Gasteiger partial charge in [-0.25, -0.2) is 9.67 Å². The Morgan fingerprint density at radius 2 is 2.18 bits per heavy atom. The van der Waals surface area contributed by atoms with E-state index in [1.165, 1.54) is 0 Å². The van der Waals surface area contributed by atoms with Crippen LogP contribution in [0.2, 0.25) is 0 Å². The second-order valence-electron chi connectivity index (χ2n) is 5.08. The van der Waals surface area contributed by atoms with Gasteiger partial charge in [0.05, 0.1) is 7.11 Å². The lowest BCUT2D eigenvalue weighted by Gasteiger charge is -2.17. The average molecular weight is 303 g/mol. The quantitative estimate of drug-likeness (QED) is 0.906. The Bertz CT molecular complexity index is 683. The van der Waals surface area contributed by atoms with Gasteiger partial charge in [0.1, 0.15) is 18.3 Å². The van der Waals surface area contributed by atoms with Crippen LogP contribution in [0.4, 0.5) is 0 Å². The molecule has 2 aromatic rings. The number of hydrogen-bond acceptors (Lipinski definition) is 5. The number of para-hydroxylation sites is 2. The first-order chi connectivity index (χ1) is 10.7. The third-order valence-corrected chi connectivity index (χ3v) is 3.64. The molecule has 7 heteroatoms. The molecule has 1 aliphatic heterocycles. The molecule has 0 amide bonds. The van der Waals surface area contributed by atoms with E-state index in [1.807, 2.05) is 12.1 Å². The topological polar surface area (TPSA) is 86.5 Å². The highest BCUT2D eigenvalue weighted by molar-refractivity contribution is 5.75. The minimum atomic E-state index is -0.856. The number of fused-ring (bicyclic) bond motifs is 1. The predicted molar refractivity (Wildman–Crippen MR) is 77.0 cm³/mol. The summed E-state index contributed by atoms with van der Waals surface area (Å²) in [4.78, 5) is 15.6. The molecule has 1 N–H and O–H groups in total. The summed E-state index contributed by atoms with van der Waals surface area (Å²) in [7, 11) is 1.58. The van der Waals surface area contributed by atoms with Crippen molar-refractivity contribution in [1.29, 1.82) is 0 Å². The lowest BCUT2D eigenvalue weighted by atomic mass is 10.00. The molecule has 0 saturated heterocycles. The first kappa shape index (κ1) is 14.4. The molecule has 2 heterocycles. The highest BCUT2D eigenvalue weighted by Gasteiger charge is 2.29. The van der Waals surface area contributed by atoms with Gasteiger partial charge in [-0.1, -0.05) is 12.1 Å². The van der Waals surface area contributed by atoms with E-state index in [0.717, 1.165) is 6.42 Å². The molecule has 0 aliphatic carbocycles. The number of methoxy groups -OCH3 is 1. The number of ether oxygens (including phenoxy) is 2. The molecule has 1 aromatic carbocycles. The van der Waals surface area contributed by atoms with Crippen LogP contribution in [0.1, 0.15) is 30.4 Å². The van der Waals surface area contributed by atoms with Crippen LogP contribution in [0.25, 0.3) is 0 Å². The molecule has 1 aromatic heterocycles. The van der Waals surface area contributed by atoms with Crippen molar-refractivity contribution in [3.05, 3.63) is 35.9 Å². The molecule has 0 spiro atoms. The summed E-state index contributed by atoms with van der Waals surface area (Å²) < 4.78 is 12.6. The van der Waals surface area contributed by atoms with E-state index in [0.29, 0.717) is 36.1 Å². The number of rotatable bonds is 5.